The van der Waals surface area contributed by atoms with Gasteiger partial charge in [0, 0.05) is 24.1 Å². The minimum absolute atomic E-state index is 0.0193. The molecule has 0 saturated heterocycles. The van der Waals surface area contributed by atoms with Gasteiger partial charge in [0.05, 0.1) is 15.7 Å². The summed E-state index contributed by atoms with van der Waals surface area (Å²) in [6.07, 6.45) is 4.60. The van der Waals surface area contributed by atoms with Crippen LogP contribution in [0.1, 0.15) is 12.5 Å². The monoisotopic (exact) mass is 406 g/mol. The van der Waals surface area contributed by atoms with Crippen LogP contribution in [0.15, 0.2) is 65.2 Å². The van der Waals surface area contributed by atoms with Gasteiger partial charge < -0.3 is 16.0 Å². The number of thiazole rings is 1. The van der Waals surface area contributed by atoms with Gasteiger partial charge in [-0.1, -0.05) is 18.2 Å². The number of amides is 2. The molecule has 29 heavy (non-hydrogen) atoms. The number of aliphatic imine (C=N–C) groups is 1. The highest BCUT2D eigenvalue weighted by Crippen LogP contribution is 2.27. The van der Waals surface area contributed by atoms with E-state index in [4.69, 9.17) is 5.73 Å². The predicted molar refractivity (Wildman–Crippen MR) is 119 cm³/mol. The minimum atomic E-state index is -0.558. The molecule has 8 heteroatoms. The Morgan fingerprint density at radius 2 is 2.14 bits per heavy atom. The van der Waals surface area contributed by atoms with Crippen LogP contribution in [-0.4, -0.2) is 29.6 Å². The molecule has 4 N–H and O–H groups in total. The number of rotatable bonds is 6. The molecule has 4 rings (SSSR count). The van der Waals surface area contributed by atoms with Crippen LogP contribution in [0.3, 0.4) is 0 Å². The average molecular weight is 407 g/mol. The summed E-state index contributed by atoms with van der Waals surface area (Å²) in [6, 6.07) is 13.4. The summed E-state index contributed by atoms with van der Waals surface area (Å²) in [4.78, 5) is 22.2. The van der Waals surface area contributed by atoms with Crippen molar-refractivity contribution >= 4 is 44.8 Å². The number of anilines is 2. The molecule has 0 radical (unpaired) electrons. The number of carbonyl (C=O) groups is 1. The van der Waals surface area contributed by atoms with E-state index in [9.17, 15) is 4.79 Å². The average Bonchev–Trinajstić information content (AvgIpc) is 3.17. The number of hydrogen-bond acceptors (Lipinski definition) is 6. The van der Waals surface area contributed by atoms with Crippen molar-refractivity contribution in [2.24, 2.45) is 10.7 Å². The fraction of sp³-hybridized carbons (Fsp3) is 0.190. The third-order valence-electron chi connectivity index (χ3n) is 4.77. The van der Waals surface area contributed by atoms with Gasteiger partial charge in [0.25, 0.3) is 0 Å². The van der Waals surface area contributed by atoms with E-state index in [1.165, 1.54) is 0 Å². The first-order valence-corrected chi connectivity index (χ1v) is 10.2. The summed E-state index contributed by atoms with van der Waals surface area (Å²) in [5.74, 6) is 0.921. The maximum absolute atomic E-state index is 11.2. The number of nitrogens with zero attached hydrogens (tertiary/aromatic N) is 3. The van der Waals surface area contributed by atoms with Crippen molar-refractivity contribution in [1.82, 2.24) is 10.3 Å². The molecular weight excluding hydrogens is 384 g/mol. The molecule has 2 aromatic carbocycles. The Morgan fingerprint density at radius 1 is 1.28 bits per heavy atom. The highest BCUT2D eigenvalue weighted by atomic mass is 32.1. The minimum Gasteiger partial charge on any atom is -0.351 e. The number of urea groups is 1. The molecule has 1 aromatic heterocycles. The number of nitrogens with two attached hydrogens (primary N) is 1. The summed E-state index contributed by atoms with van der Waals surface area (Å²) >= 11 is 1.63. The summed E-state index contributed by atoms with van der Waals surface area (Å²) in [7, 11) is 0. The van der Waals surface area contributed by atoms with Crippen LogP contribution >= 0.6 is 11.3 Å². The first-order chi connectivity index (χ1) is 14.1. The molecule has 1 atom stereocenters. The molecule has 1 unspecified atom stereocenters. The molecule has 2 amide bonds. The fourth-order valence-corrected chi connectivity index (χ4v) is 4.14. The lowest BCUT2D eigenvalue weighted by atomic mass is 10.1. The maximum Gasteiger partial charge on any atom is 0.316 e. The van der Waals surface area contributed by atoms with E-state index in [2.05, 4.69) is 37.6 Å². The van der Waals surface area contributed by atoms with E-state index in [0.29, 0.717) is 0 Å². The molecule has 3 aromatic rings. The van der Waals surface area contributed by atoms with Crippen LogP contribution in [0.4, 0.5) is 16.2 Å². The van der Waals surface area contributed by atoms with Crippen molar-refractivity contribution in [1.29, 1.82) is 0 Å². The zero-order chi connectivity index (χ0) is 20.2. The molecule has 0 saturated carbocycles. The van der Waals surface area contributed by atoms with E-state index in [-0.39, 0.29) is 6.17 Å². The number of hydrogen-bond donors (Lipinski definition) is 3. The second kappa shape index (κ2) is 8.42. The van der Waals surface area contributed by atoms with Crippen molar-refractivity contribution < 1.29 is 4.79 Å². The largest absolute Gasteiger partial charge is 0.351 e. The Balaban J connectivity index is 1.48. The van der Waals surface area contributed by atoms with E-state index < -0.39 is 6.03 Å². The maximum atomic E-state index is 11.2. The van der Waals surface area contributed by atoms with Crippen molar-refractivity contribution in [3.05, 3.63) is 65.8 Å². The molecule has 0 aliphatic carbocycles. The van der Waals surface area contributed by atoms with Gasteiger partial charge in [0.1, 0.15) is 12.0 Å². The Labute approximate surface area is 173 Å². The Bertz CT molecular complexity index is 1090. The highest BCUT2D eigenvalue weighted by Gasteiger charge is 2.21. The number of carbonyl (C=O) groups excluding carboxylic acids is 1. The summed E-state index contributed by atoms with van der Waals surface area (Å²) < 4.78 is 1.15. The van der Waals surface area contributed by atoms with Gasteiger partial charge in [-0.15, -0.1) is 11.3 Å². The first-order valence-electron chi connectivity index (χ1n) is 9.33. The van der Waals surface area contributed by atoms with Gasteiger partial charge in [0.15, 0.2) is 0 Å². The van der Waals surface area contributed by atoms with Crippen LogP contribution in [-0.2, 0) is 6.42 Å². The molecule has 148 valence electrons. The zero-order valence-corrected chi connectivity index (χ0v) is 16.8. The lowest BCUT2D eigenvalue weighted by molar-refractivity contribution is 0.259. The topological polar surface area (TPSA) is 95.6 Å². The molecule has 0 fully saturated rings. The van der Waals surface area contributed by atoms with Crippen molar-refractivity contribution in [2.45, 2.75) is 19.5 Å². The van der Waals surface area contributed by atoms with Gasteiger partial charge in [-0.25, -0.2) is 14.8 Å². The van der Waals surface area contributed by atoms with Crippen molar-refractivity contribution in [2.75, 3.05) is 16.8 Å². The third kappa shape index (κ3) is 4.28. The molecule has 1 aliphatic heterocycles. The van der Waals surface area contributed by atoms with Crippen molar-refractivity contribution in [3.8, 4) is 0 Å². The van der Waals surface area contributed by atoms with E-state index in [1.807, 2.05) is 55.0 Å². The van der Waals surface area contributed by atoms with Crippen LogP contribution < -0.4 is 21.3 Å². The van der Waals surface area contributed by atoms with Gasteiger partial charge in [-0.2, -0.15) is 0 Å². The Hall–Kier alpha value is -3.23. The summed E-state index contributed by atoms with van der Waals surface area (Å²) in [6.45, 7) is 2.72. The van der Waals surface area contributed by atoms with Gasteiger partial charge in [-0.3, -0.25) is 5.32 Å². The lowest BCUT2D eigenvalue weighted by Gasteiger charge is -2.34. The third-order valence-corrected chi connectivity index (χ3v) is 5.56. The molecule has 2 heterocycles. The smallest absolute Gasteiger partial charge is 0.316 e. The van der Waals surface area contributed by atoms with E-state index in [0.717, 1.165) is 46.0 Å². The molecular formula is C21H22N6OS. The standard InChI is InChI=1S/C21H22N6OS/c1-14-23-11-9-20(27(14)16-6-7-18-19(12-16)29-13-25-18)24-10-8-15-4-2-3-5-17(15)26-21(22)28/h2-7,9,11-13,20,24H,8,10H2,1H3,(H3,22,26,28). The number of aromatic nitrogens is 1. The van der Waals surface area contributed by atoms with Crippen LogP contribution in [0.5, 0.6) is 0 Å². The highest BCUT2D eigenvalue weighted by molar-refractivity contribution is 7.16. The number of benzene rings is 2. The Morgan fingerprint density at radius 3 is 3.00 bits per heavy atom. The van der Waals surface area contributed by atoms with Gasteiger partial charge in [0.2, 0.25) is 0 Å². The molecule has 7 nitrogen and oxygen atoms in total. The lowest BCUT2D eigenvalue weighted by Crippen LogP contribution is -2.49. The first kappa shape index (κ1) is 19.1. The Kier molecular flexibility index (Phi) is 5.55. The number of fused-ring (bicyclic) bond motifs is 1. The molecule has 0 bridgehead atoms. The predicted octanol–water partition coefficient (Wildman–Crippen LogP) is 3.70. The zero-order valence-electron chi connectivity index (χ0n) is 16.0. The number of primary amides is 1. The number of amidine groups is 1. The number of para-hydroxylation sites is 1. The van der Waals surface area contributed by atoms with Gasteiger partial charge >= 0.3 is 6.03 Å². The van der Waals surface area contributed by atoms with Crippen molar-refractivity contribution in [3.63, 3.8) is 0 Å². The second-order valence-corrected chi connectivity index (χ2v) is 7.57. The quantitative estimate of drug-likeness (QED) is 0.582. The van der Waals surface area contributed by atoms with Gasteiger partial charge in [-0.05, 0) is 49.2 Å². The van der Waals surface area contributed by atoms with Crippen LogP contribution in [0, 0.1) is 0 Å². The van der Waals surface area contributed by atoms with E-state index in [1.54, 1.807) is 11.3 Å². The van der Waals surface area contributed by atoms with Crippen LogP contribution in [0.2, 0.25) is 0 Å². The molecule has 0 spiro atoms. The second-order valence-electron chi connectivity index (χ2n) is 6.69. The SMILES string of the molecule is CC1=NC=CC(NCCc2ccccc2NC(N)=O)N1c1ccc2ncsc2c1. The van der Waals surface area contributed by atoms with E-state index >= 15 is 0 Å². The normalized spacial score (nSPS) is 16.1. The summed E-state index contributed by atoms with van der Waals surface area (Å²) in [5.41, 5.74) is 11.0. The molecule has 1 aliphatic rings. The number of nitrogens with one attached hydrogen (secondary N) is 2. The van der Waals surface area contributed by atoms with Crippen LogP contribution in [0.25, 0.3) is 10.2 Å². The summed E-state index contributed by atoms with van der Waals surface area (Å²) in [5, 5.41) is 6.25. The fourth-order valence-electron chi connectivity index (χ4n) is 3.43.